The predicted octanol–water partition coefficient (Wildman–Crippen LogP) is 6.34. The van der Waals surface area contributed by atoms with E-state index >= 15 is 0 Å². The molecular formula is C21H36O2. The van der Waals surface area contributed by atoms with Crippen molar-refractivity contribution < 1.29 is 9.84 Å². The number of hydrogen-bond acceptors (Lipinski definition) is 2. The highest BCUT2D eigenvalue weighted by Gasteiger charge is 2.29. The molecule has 1 N–H and O–H groups in total. The Labute approximate surface area is 143 Å². The predicted molar refractivity (Wildman–Crippen MR) is 99.8 cm³/mol. The second kappa shape index (κ2) is 8.08. The van der Waals surface area contributed by atoms with Gasteiger partial charge in [-0.25, -0.2) is 0 Å². The lowest BCUT2D eigenvalue weighted by Crippen LogP contribution is -2.21. The van der Waals surface area contributed by atoms with Crippen LogP contribution in [0, 0.1) is 0 Å². The largest absolute Gasteiger partial charge is 0.508 e. The molecule has 0 heterocycles. The summed E-state index contributed by atoms with van der Waals surface area (Å²) in [4.78, 5) is 0. The Hall–Kier alpha value is -1.18. The Morgan fingerprint density at radius 3 is 1.78 bits per heavy atom. The molecule has 1 rings (SSSR count). The van der Waals surface area contributed by atoms with E-state index in [1.807, 2.05) is 6.07 Å². The molecule has 0 saturated heterocycles. The molecule has 0 fully saturated rings. The molecule has 0 aliphatic heterocycles. The summed E-state index contributed by atoms with van der Waals surface area (Å²) < 4.78 is 5.70. The summed E-state index contributed by atoms with van der Waals surface area (Å²) in [6.07, 6.45) is 6.86. The lowest BCUT2D eigenvalue weighted by Gasteiger charge is -2.31. The van der Waals surface area contributed by atoms with Gasteiger partial charge >= 0.3 is 0 Å². The first-order valence-electron chi connectivity index (χ1n) is 9.11. The molecule has 0 unspecified atom stereocenters. The second-order valence-electron chi connectivity index (χ2n) is 8.04. The van der Waals surface area contributed by atoms with E-state index in [9.17, 15) is 5.11 Å². The van der Waals surface area contributed by atoms with E-state index < -0.39 is 0 Å². The highest BCUT2D eigenvalue weighted by Crippen LogP contribution is 2.43. The molecule has 1 aromatic carbocycles. The van der Waals surface area contributed by atoms with Crippen molar-refractivity contribution in [2.45, 2.75) is 90.9 Å². The van der Waals surface area contributed by atoms with Crippen molar-refractivity contribution in [2.75, 3.05) is 7.11 Å². The maximum atomic E-state index is 10.7. The highest BCUT2D eigenvalue weighted by atomic mass is 16.5. The van der Waals surface area contributed by atoms with Crippen LogP contribution in [0.4, 0.5) is 0 Å². The molecule has 1 aromatic rings. The molecule has 0 amide bonds. The fourth-order valence-corrected chi connectivity index (χ4v) is 3.31. The minimum atomic E-state index is -0.0422. The first-order valence-corrected chi connectivity index (χ1v) is 9.11. The zero-order chi connectivity index (χ0) is 17.7. The van der Waals surface area contributed by atoms with Crippen LogP contribution in [0.3, 0.4) is 0 Å². The van der Waals surface area contributed by atoms with Gasteiger partial charge in [0, 0.05) is 11.1 Å². The molecule has 23 heavy (non-hydrogen) atoms. The summed E-state index contributed by atoms with van der Waals surface area (Å²) in [5.41, 5.74) is 2.07. The summed E-state index contributed by atoms with van der Waals surface area (Å²) in [7, 11) is 1.73. The van der Waals surface area contributed by atoms with E-state index in [1.54, 1.807) is 7.11 Å². The molecule has 0 atom stereocenters. The third-order valence-corrected chi connectivity index (χ3v) is 5.09. The van der Waals surface area contributed by atoms with E-state index in [1.165, 1.54) is 25.7 Å². The zero-order valence-electron chi connectivity index (χ0n) is 16.3. The van der Waals surface area contributed by atoms with Gasteiger partial charge in [0.25, 0.3) is 0 Å². The van der Waals surface area contributed by atoms with Gasteiger partial charge in [0.05, 0.1) is 7.11 Å². The van der Waals surface area contributed by atoms with Gasteiger partial charge in [0.15, 0.2) is 0 Å². The van der Waals surface area contributed by atoms with Crippen molar-refractivity contribution in [3.8, 4) is 11.5 Å². The molecule has 0 bridgehead atoms. The van der Waals surface area contributed by atoms with Crippen LogP contribution in [-0.4, -0.2) is 12.2 Å². The maximum Gasteiger partial charge on any atom is 0.123 e. The topological polar surface area (TPSA) is 29.5 Å². The average molecular weight is 321 g/mol. The molecule has 2 heteroatoms. The number of phenolic OH excluding ortho intramolecular Hbond substituents is 1. The normalized spacial score (nSPS) is 12.5. The smallest absolute Gasteiger partial charge is 0.123 e. The number of unbranched alkanes of at least 4 members (excludes halogenated alkanes) is 2. The number of rotatable bonds is 9. The first kappa shape index (κ1) is 19.9. The van der Waals surface area contributed by atoms with Gasteiger partial charge in [-0.1, -0.05) is 67.2 Å². The van der Waals surface area contributed by atoms with Gasteiger partial charge < -0.3 is 9.84 Å². The fraction of sp³-hybridized carbons (Fsp3) is 0.714. The summed E-state index contributed by atoms with van der Waals surface area (Å²) >= 11 is 0. The van der Waals surface area contributed by atoms with Crippen molar-refractivity contribution >= 4 is 0 Å². The molecule has 0 saturated carbocycles. The molecule has 2 nitrogen and oxygen atoms in total. The Kier molecular flexibility index (Phi) is 6.98. The Balaban J connectivity index is 3.27. The van der Waals surface area contributed by atoms with Crippen LogP contribution in [0.15, 0.2) is 12.1 Å². The molecule has 0 radical (unpaired) electrons. The molecule has 0 spiro atoms. The molecule has 0 aliphatic carbocycles. The Morgan fingerprint density at radius 1 is 0.870 bits per heavy atom. The molecule has 0 aromatic heterocycles. The van der Waals surface area contributed by atoms with Gasteiger partial charge in [0.2, 0.25) is 0 Å². The SMILES string of the molecule is CCCCC(C)(C)c1cc(OC)c(C(C)(C)CCCC)cc1O. The van der Waals surface area contributed by atoms with E-state index in [0.29, 0.717) is 5.75 Å². The number of methoxy groups -OCH3 is 1. The van der Waals surface area contributed by atoms with Gasteiger partial charge in [-0.05, 0) is 35.8 Å². The Bertz CT molecular complexity index is 501. The van der Waals surface area contributed by atoms with Crippen molar-refractivity contribution in [1.29, 1.82) is 0 Å². The quantitative estimate of drug-likeness (QED) is 0.575. The molecular weight excluding hydrogens is 284 g/mol. The number of ether oxygens (including phenoxy) is 1. The van der Waals surface area contributed by atoms with Crippen molar-refractivity contribution in [3.63, 3.8) is 0 Å². The first-order chi connectivity index (χ1) is 10.7. The molecule has 132 valence electrons. The monoisotopic (exact) mass is 320 g/mol. The average Bonchev–Trinajstić information content (AvgIpc) is 2.50. The standard InChI is InChI=1S/C21H36O2/c1-8-10-12-20(3,4)16-15-19(23-7)17(14-18(16)22)21(5,6)13-11-9-2/h14-15,22H,8-13H2,1-7H3. The summed E-state index contributed by atoms with van der Waals surface area (Å²) in [6, 6.07) is 4.01. The van der Waals surface area contributed by atoms with Crippen LogP contribution >= 0.6 is 0 Å². The minimum Gasteiger partial charge on any atom is -0.508 e. The van der Waals surface area contributed by atoms with Crippen molar-refractivity contribution in [2.24, 2.45) is 0 Å². The van der Waals surface area contributed by atoms with Gasteiger partial charge in [-0.3, -0.25) is 0 Å². The van der Waals surface area contributed by atoms with E-state index in [0.717, 1.165) is 29.7 Å². The van der Waals surface area contributed by atoms with E-state index in [4.69, 9.17) is 4.74 Å². The third kappa shape index (κ3) is 4.89. The van der Waals surface area contributed by atoms with E-state index in [2.05, 4.69) is 47.6 Å². The summed E-state index contributed by atoms with van der Waals surface area (Å²) in [5, 5.41) is 10.7. The number of aromatic hydroxyl groups is 1. The van der Waals surface area contributed by atoms with Crippen LogP contribution < -0.4 is 4.74 Å². The van der Waals surface area contributed by atoms with Gasteiger partial charge in [-0.15, -0.1) is 0 Å². The Morgan fingerprint density at radius 2 is 1.35 bits per heavy atom. The zero-order valence-corrected chi connectivity index (χ0v) is 16.3. The van der Waals surface area contributed by atoms with Crippen LogP contribution in [0.1, 0.15) is 91.2 Å². The second-order valence-corrected chi connectivity index (χ2v) is 8.04. The third-order valence-electron chi connectivity index (χ3n) is 5.09. The summed E-state index contributed by atoms with van der Waals surface area (Å²) in [5.74, 6) is 1.31. The van der Waals surface area contributed by atoms with Crippen molar-refractivity contribution in [1.82, 2.24) is 0 Å². The van der Waals surface area contributed by atoms with Crippen LogP contribution in [0.2, 0.25) is 0 Å². The minimum absolute atomic E-state index is 0.00489. The lowest BCUT2D eigenvalue weighted by molar-refractivity contribution is 0.367. The van der Waals surface area contributed by atoms with Crippen LogP contribution in [-0.2, 0) is 10.8 Å². The number of hydrogen-bond donors (Lipinski definition) is 1. The van der Waals surface area contributed by atoms with Gasteiger partial charge in [0.1, 0.15) is 11.5 Å². The highest BCUT2D eigenvalue weighted by molar-refractivity contribution is 5.51. The summed E-state index contributed by atoms with van der Waals surface area (Å²) in [6.45, 7) is 13.3. The molecule has 0 aliphatic rings. The number of phenols is 1. The lowest BCUT2D eigenvalue weighted by atomic mass is 9.75. The fourth-order valence-electron chi connectivity index (χ4n) is 3.31. The van der Waals surface area contributed by atoms with E-state index in [-0.39, 0.29) is 10.8 Å². The van der Waals surface area contributed by atoms with Crippen LogP contribution in [0.25, 0.3) is 0 Å². The van der Waals surface area contributed by atoms with Crippen LogP contribution in [0.5, 0.6) is 11.5 Å². The number of benzene rings is 1. The maximum absolute atomic E-state index is 10.7. The van der Waals surface area contributed by atoms with Crippen molar-refractivity contribution in [3.05, 3.63) is 23.3 Å². The van der Waals surface area contributed by atoms with Gasteiger partial charge in [-0.2, -0.15) is 0 Å².